The number of nitrogens with zero attached hydrogens (tertiary/aromatic N) is 4. The number of ether oxygens (including phenoxy) is 1. The lowest BCUT2D eigenvalue weighted by Gasteiger charge is -2.12. The Hall–Kier alpha value is -3.47. The van der Waals surface area contributed by atoms with Crippen LogP contribution in [-0.4, -0.2) is 15.9 Å². The van der Waals surface area contributed by atoms with E-state index in [0.717, 1.165) is 10.0 Å². The number of hydrogen-bond acceptors (Lipinski definition) is 5. The van der Waals surface area contributed by atoms with Crippen LogP contribution in [0.25, 0.3) is 10.9 Å². The van der Waals surface area contributed by atoms with Gasteiger partial charge in [-0.3, -0.25) is 4.79 Å². The van der Waals surface area contributed by atoms with Gasteiger partial charge in [0.1, 0.15) is 18.2 Å². The van der Waals surface area contributed by atoms with Gasteiger partial charge < -0.3 is 4.74 Å². The van der Waals surface area contributed by atoms with Crippen LogP contribution in [0.1, 0.15) is 42.3 Å². The van der Waals surface area contributed by atoms with Crippen molar-refractivity contribution in [3.63, 3.8) is 0 Å². The molecule has 170 valence electrons. The third kappa shape index (κ3) is 5.04. The van der Waals surface area contributed by atoms with Crippen LogP contribution in [0.4, 0.5) is 0 Å². The standard InChI is InChI=1S/C26H20BrClN4O2/c1-16(2)25-31-23-9-8-20(27)12-21(23)26(33)32(25)30-14-17-7-10-24(22(28)11-17)34-15-19-6-4-3-5-18(19)13-29/h3-12,14,16H,15H2,1-2H3. The van der Waals surface area contributed by atoms with Gasteiger partial charge in [-0.15, -0.1) is 0 Å². The van der Waals surface area contributed by atoms with Gasteiger partial charge in [0.15, 0.2) is 0 Å². The van der Waals surface area contributed by atoms with Gasteiger partial charge in [-0.05, 0) is 48.0 Å². The minimum Gasteiger partial charge on any atom is -0.487 e. The van der Waals surface area contributed by atoms with Crippen molar-refractivity contribution in [1.29, 1.82) is 5.26 Å². The zero-order chi connectivity index (χ0) is 24.2. The predicted octanol–water partition coefficient (Wildman–Crippen LogP) is 6.27. The minimum atomic E-state index is -0.242. The summed E-state index contributed by atoms with van der Waals surface area (Å²) in [7, 11) is 0. The lowest BCUT2D eigenvalue weighted by atomic mass is 10.1. The molecule has 0 unspecified atom stereocenters. The molecular weight excluding hydrogens is 516 g/mol. The highest BCUT2D eigenvalue weighted by Crippen LogP contribution is 2.26. The summed E-state index contributed by atoms with van der Waals surface area (Å²) in [6.45, 7) is 4.15. The second kappa shape index (κ2) is 10.2. The molecule has 8 heteroatoms. The molecule has 0 atom stereocenters. The van der Waals surface area contributed by atoms with Crippen LogP contribution >= 0.6 is 27.5 Å². The largest absolute Gasteiger partial charge is 0.487 e. The van der Waals surface area contributed by atoms with Crippen molar-refractivity contribution in [1.82, 2.24) is 9.66 Å². The van der Waals surface area contributed by atoms with Gasteiger partial charge in [-0.1, -0.05) is 59.6 Å². The minimum absolute atomic E-state index is 0.00597. The Balaban J connectivity index is 1.61. The fourth-order valence-corrected chi connectivity index (χ4v) is 4.01. The highest BCUT2D eigenvalue weighted by atomic mass is 79.9. The first kappa shape index (κ1) is 23.7. The first-order valence-corrected chi connectivity index (χ1v) is 11.7. The van der Waals surface area contributed by atoms with E-state index in [2.05, 4.69) is 32.1 Å². The van der Waals surface area contributed by atoms with Crippen molar-refractivity contribution in [2.45, 2.75) is 26.4 Å². The number of halogens is 2. The van der Waals surface area contributed by atoms with Crippen molar-refractivity contribution in [3.8, 4) is 11.8 Å². The summed E-state index contributed by atoms with van der Waals surface area (Å²) < 4.78 is 7.94. The average Bonchev–Trinajstić information content (AvgIpc) is 2.83. The van der Waals surface area contributed by atoms with Gasteiger partial charge in [-0.25, -0.2) is 4.98 Å². The lowest BCUT2D eigenvalue weighted by molar-refractivity contribution is 0.306. The maximum atomic E-state index is 13.1. The van der Waals surface area contributed by atoms with E-state index in [1.54, 1.807) is 36.5 Å². The molecule has 0 radical (unpaired) electrons. The van der Waals surface area contributed by atoms with Gasteiger partial charge in [0.05, 0.1) is 33.8 Å². The summed E-state index contributed by atoms with van der Waals surface area (Å²) in [5.74, 6) is 1.05. The van der Waals surface area contributed by atoms with E-state index in [4.69, 9.17) is 16.3 Å². The second-order valence-corrected chi connectivity index (χ2v) is 9.22. The fourth-order valence-electron chi connectivity index (χ4n) is 3.40. The van der Waals surface area contributed by atoms with Gasteiger partial charge in [-0.2, -0.15) is 15.0 Å². The lowest BCUT2D eigenvalue weighted by Crippen LogP contribution is -2.23. The van der Waals surface area contributed by atoms with E-state index in [1.807, 2.05) is 44.2 Å². The second-order valence-electron chi connectivity index (χ2n) is 7.90. The molecule has 0 aliphatic carbocycles. The number of benzene rings is 3. The molecule has 0 N–H and O–H groups in total. The summed E-state index contributed by atoms with van der Waals surface area (Å²) in [5.41, 5.74) is 2.43. The Morgan fingerprint density at radius 2 is 2.00 bits per heavy atom. The SMILES string of the molecule is CC(C)c1nc2ccc(Br)cc2c(=O)n1N=Cc1ccc(OCc2ccccc2C#N)c(Cl)c1. The van der Waals surface area contributed by atoms with Gasteiger partial charge in [0, 0.05) is 16.0 Å². The molecule has 3 aromatic carbocycles. The Morgan fingerprint density at radius 1 is 1.21 bits per heavy atom. The molecule has 0 saturated carbocycles. The summed E-state index contributed by atoms with van der Waals surface area (Å²) in [5, 5.41) is 14.5. The molecule has 4 aromatic rings. The molecule has 34 heavy (non-hydrogen) atoms. The van der Waals surface area contributed by atoms with Crippen LogP contribution in [0, 0.1) is 11.3 Å². The third-order valence-corrected chi connectivity index (χ3v) is 5.94. The Labute approximate surface area is 210 Å². The molecule has 0 aliphatic heterocycles. The van der Waals surface area contributed by atoms with Crippen LogP contribution < -0.4 is 10.3 Å². The van der Waals surface area contributed by atoms with Crippen molar-refractivity contribution in [3.05, 3.63) is 103 Å². The first-order chi connectivity index (χ1) is 16.4. The van der Waals surface area contributed by atoms with Crippen molar-refractivity contribution in [2.75, 3.05) is 0 Å². The van der Waals surface area contributed by atoms with E-state index in [-0.39, 0.29) is 18.1 Å². The molecule has 0 spiro atoms. The number of nitriles is 1. The zero-order valence-corrected chi connectivity index (χ0v) is 20.8. The van der Waals surface area contributed by atoms with Crippen LogP contribution in [0.15, 0.2) is 75.0 Å². The normalized spacial score (nSPS) is 11.3. The Kier molecular flexibility index (Phi) is 7.11. The fraction of sp³-hybridized carbons (Fsp3) is 0.154. The van der Waals surface area contributed by atoms with Crippen LogP contribution in [-0.2, 0) is 6.61 Å². The van der Waals surface area contributed by atoms with Gasteiger partial charge >= 0.3 is 0 Å². The van der Waals surface area contributed by atoms with Crippen molar-refractivity contribution in [2.24, 2.45) is 5.10 Å². The van der Waals surface area contributed by atoms with E-state index >= 15 is 0 Å². The van der Waals surface area contributed by atoms with Crippen LogP contribution in [0.3, 0.4) is 0 Å². The maximum absolute atomic E-state index is 13.1. The number of hydrogen-bond donors (Lipinski definition) is 0. The first-order valence-electron chi connectivity index (χ1n) is 10.5. The maximum Gasteiger partial charge on any atom is 0.282 e. The summed E-state index contributed by atoms with van der Waals surface area (Å²) in [4.78, 5) is 17.8. The number of fused-ring (bicyclic) bond motifs is 1. The monoisotopic (exact) mass is 534 g/mol. The quantitative estimate of drug-likeness (QED) is 0.273. The molecule has 0 saturated heterocycles. The summed E-state index contributed by atoms with van der Waals surface area (Å²) in [6, 6.07) is 20.1. The highest BCUT2D eigenvalue weighted by molar-refractivity contribution is 9.10. The average molecular weight is 536 g/mol. The summed E-state index contributed by atoms with van der Waals surface area (Å²) in [6.07, 6.45) is 1.57. The molecule has 0 amide bonds. The molecule has 0 bridgehead atoms. The van der Waals surface area contributed by atoms with Crippen LogP contribution in [0.2, 0.25) is 5.02 Å². The van der Waals surface area contributed by atoms with Gasteiger partial charge in [0.2, 0.25) is 0 Å². The molecule has 0 fully saturated rings. The van der Waals surface area contributed by atoms with E-state index < -0.39 is 0 Å². The number of rotatable bonds is 6. The smallest absolute Gasteiger partial charge is 0.282 e. The molecule has 4 rings (SSSR count). The zero-order valence-electron chi connectivity index (χ0n) is 18.5. The topological polar surface area (TPSA) is 80.3 Å². The van der Waals surface area contributed by atoms with E-state index in [1.165, 1.54) is 4.68 Å². The molecular formula is C26H20BrClN4O2. The molecule has 0 aliphatic rings. The van der Waals surface area contributed by atoms with Crippen molar-refractivity contribution < 1.29 is 4.74 Å². The Bertz CT molecular complexity index is 1510. The van der Waals surface area contributed by atoms with Crippen molar-refractivity contribution >= 4 is 44.6 Å². The van der Waals surface area contributed by atoms with E-state index in [0.29, 0.717) is 38.6 Å². The molecule has 1 aromatic heterocycles. The molecule has 6 nitrogen and oxygen atoms in total. The highest BCUT2D eigenvalue weighted by Gasteiger charge is 2.14. The van der Waals surface area contributed by atoms with Gasteiger partial charge in [0.25, 0.3) is 5.56 Å². The van der Waals surface area contributed by atoms with E-state index in [9.17, 15) is 10.1 Å². The van der Waals surface area contributed by atoms with Crippen LogP contribution in [0.5, 0.6) is 5.75 Å². The molecule has 1 heterocycles. The number of aromatic nitrogens is 2. The third-order valence-electron chi connectivity index (χ3n) is 5.15. The predicted molar refractivity (Wildman–Crippen MR) is 138 cm³/mol. The summed E-state index contributed by atoms with van der Waals surface area (Å²) >= 11 is 9.83. The Morgan fingerprint density at radius 3 is 2.74 bits per heavy atom.